The molecule has 2 atom stereocenters. The van der Waals surface area contributed by atoms with Crippen LogP contribution in [0.2, 0.25) is 0 Å². The molecule has 0 bridgehead atoms. The molecule has 1 N–H and O–H groups in total. The van der Waals surface area contributed by atoms with Crippen LogP contribution < -0.4 is 0 Å². The summed E-state index contributed by atoms with van der Waals surface area (Å²) in [5, 5.41) is 9.54. The van der Waals surface area contributed by atoms with Gasteiger partial charge in [-0.1, -0.05) is 13.8 Å². The summed E-state index contributed by atoms with van der Waals surface area (Å²) in [5.41, 5.74) is -0.192. The van der Waals surface area contributed by atoms with Crippen LogP contribution >= 0.6 is 0 Å². The van der Waals surface area contributed by atoms with Gasteiger partial charge in [0.15, 0.2) is 0 Å². The average Bonchev–Trinajstić information content (AvgIpc) is 2.53. The molecule has 2 heterocycles. The van der Waals surface area contributed by atoms with E-state index in [0.29, 0.717) is 19.5 Å². The molecule has 0 aliphatic carbocycles. The second kappa shape index (κ2) is 6.77. The van der Waals surface area contributed by atoms with Crippen molar-refractivity contribution in [3.63, 3.8) is 0 Å². The Labute approximate surface area is 127 Å². The number of piperidine rings is 2. The number of hydrogen-bond donors (Lipinski definition) is 1. The van der Waals surface area contributed by atoms with Gasteiger partial charge >= 0.3 is 0 Å². The molecule has 2 saturated heterocycles. The van der Waals surface area contributed by atoms with Gasteiger partial charge in [0.2, 0.25) is 11.8 Å². The van der Waals surface area contributed by atoms with Crippen LogP contribution in [0.25, 0.3) is 0 Å². The summed E-state index contributed by atoms with van der Waals surface area (Å²) in [6.07, 6.45) is 5.11. The van der Waals surface area contributed by atoms with Crippen LogP contribution in [0.4, 0.5) is 0 Å². The first-order chi connectivity index (χ1) is 10.0. The predicted octanol–water partition coefficient (Wildman–Crippen LogP) is 1.40. The highest BCUT2D eigenvalue weighted by atomic mass is 16.3. The number of carbonyl (C=O) groups excluding carboxylic acids is 2. The molecule has 21 heavy (non-hydrogen) atoms. The molecule has 2 rings (SSSR count). The lowest BCUT2D eigenvalue weighted by Crippen LogP contribution is -2.56. The highest BCUT2D eigenvalue weighted by molar-refractivity contribution is 5.88. The smallest absolute Gasteiger partial charge is 0.245 e. The number of rotatable bonds is 3. The van der Waals surface area contributed by atoms with E-state index in [9.17, 15) is 14.7 Å². The predicted molar refractivity (Wildman–Crippen MR) is 80.6 cm³/mol. The standard InChI is InChI=1S/C16H28N2O3/c1-3-14(20)18-10-5-4-7-13(18)15(21)17-9-6-8-16(2,11-17)12-19/h13,19H,3-12H2,1-2H3. The van der Waals surface area contributed by atoms with Crippen molar-refractivity contribution >= 4 is 11.8 Å². The Bertz CT molecular complexity index is 399. The first-order valence-corrected chi connectivity index (χ1v) is 8.20. The van der Waals surface area contributed by atoms with Crippen molar-refractivity contribution in [2.75, 3.05) is 26.2 Å². The van der Waals surface area contributed by atoms with E-state index in [0.717, 1.165) is 38.6 Å². The fraction of sp³-hybridized carbons (Fsp3) is 0.875. The summed E-state index contributed by atoms with van der Waals surface area (Å²) in [7, 11) is 0. The van der Waals surface area contributed by atoms with Crippen LogP contribution in [0.1, 0.15) is 52.4 Å². The number of aliphatic hydroxyl groups excluding tert-OH is 1. The molecule has 2 amide bonds. The van der Waals surface area contributed by atoms with Gasteiger partial charge < -0.3 is 14.9 Å². The molecule has 0 aromatic heterocycles. The van der Waals surface area contributed by atoms with Gasteiger partial charge in [-0.05, 0) is 32.1 Å². The number of aliphatic hydroxyl groups is 1. The lowest BCUT2D eigenvalue weighted by Gasteiger charge is -2.43. The third kappa shape index (κ3) is 3.57. The van der Waals surface area contributed by atoms with E-state index < -0.39 is 0 Å². The van der Waals surface area contributed by atoms with Crippen molar-refractivity contribution in [1.82, 2.24) is 9.80 Å². The Morgan fingerprint density at radius 3 is 2.67 bits per heavy atom. The van der Waals surface area contributed by atoms with Gasteiger partial charge in [-0.3, -0.25) is 9.59 Å². The summed E-state index contributed by atoms with van der Waals surface area (Å²) in [6.45, 7) is 6.05. The highest BCUT2D eigenvalue weighted by Crippen LogP contribution is 2.30. The summed E-state index contributed by atoms with van der Waals surface area (Å²) in [6, 6.07) is -0.285. The van der Waals surface area contributed by atoms with Gasteiger partial charge in [-0.25, -0.2) is 0 Å². The lowest BCUT2D eigenvalue weighted by molar-refractivity contribution is -0.150. The van der Waals surface area contributed by atoms with Gasteiger partial charge in [0.25, 0.3) is 0 Å². The van der Waals surface area contributed by atoms with Gasteiger partial charge in [0, 0.05) is 31.5 Å². The average molecular weight is 296 g/mol. The van der Waals surface area contributed by atoms with E-state index in [4.69, 9.17) is 0 Å². The van der Waals surface area contributed by atoms with Gasteiger partial charge in [0.1, 0.15) is 6.04 Å². The molecule has 0 spiro atoms. The zero-order chi connectivity index (χ0) is 15.5. The highest BCUT2D eigenvalue weighted by Gasteiger charge is 2.38. The summed E-state index contributed by atoms with van der Waals surface area (Å²) < 4.78 is 0. The molecule has 5 nitrogen and oxygen atoms in total. The first-order valence-electron chi connectivity index (χ1n) is 8.20. The molecule has 2 fully saturated rings. The normalized spacial score (nSPS) is 30.3. The van der Waals surface area contributed by atoms with Crippen molar-refractivity contribution in [3.8, 4) is 0 Å². The maximum atomic E-state index is 12.8. The van der Waals surface area contributed by atoms with Crippen molar-refractivity contribution < 1.29 is 14.7 Å². The van der Waals surface area contributed by atoms with E-state index in [1.54, 1.807) is 4.90 Å². The quantitative estimate of drug-likeness (QED) is 0.856. The van der Waals surface area contributed by atoms with Crippen molar-refractivity contribution in [1.29, 1.82) is 0 Å². The third-order valence-corrected chi connectivity index (χ3v) is 4.88. The number of amides is 2. The first kappa shape index (κ1) is 16.3. The molecule has 5 heteroatoms. The molecular weight excluding hydrogens is 268 g/mol. The Morgan fingerprint density at radius 1 is 1.24 bits per heavy atom. The van der Waals surface area contributed by atoms with Gasteiger partial charge in [-0.2, -0.15) is 0 Å². The molecule has 0 radical (unpaired) electrons. The Balaban J connectivity index is 2.08. The Morgan fingerprint density at radius 2 is 2.00 bits per heavy atom. The Hall–Kier alpha value is -1.10. The second-order valence-electron chi connectivity index (χ2n) is 6.78. The maximum Gasteiger partial charge on any atom is 0.245 e. The third-order valence-electron chi connectivity index (χ3n) is 4.88. The number of carbonyl (C=O) groups is 2. The van der Waals surface area contributed by atoms with Crippen LogP contribution in [0, 0.1) is 5.41 Å². The van der Waals surface area contributed by atoms with E-state index >= 15 is 0 Å². The van der Waals surface area contributed by atoms with Crippen LogP contribution in [0.15, 0.2) is 0 Å². The van der Waals surface area contributed by atoms with Crippen molar-refractivity contribution in [2.24, 2.45) is 5.41 Å². The molecule has 2 unspecified atom stereocenters. The summed E-state index contributed by atoms with van der Waals surface area (Å²) >= 11 is 0. The van der Waals surface area contributed by atoms with Gasteiger partial charge in [-0.15, -0.1) is 0 Å². The minimum absolute atomic E-state index is 0.0787. The fourth-order valence-electron chi connectivity index (χ4n) is 3.53. The lowest BCUT2D eigenvalue weighted by atomic mass is 9.82. The molecular formula is C16H28N2O3. The van der Waals surface area contributed by atoms with E-state index in [1.165, 1.54) is 0 Å². The minimum Gasteiger partial charge on any atom is -0.396 e. The van der Waals surface area contributed by atoms with E-state index in [-0.39, 0.29) is 29.9 Å². The zero-order valence-corrected chi connectivity index (χ0v) is 13.3. The summed E-state index contributed by atoms with van der Waals surface area (Å²) in [5.74, 6) is 0.158. The van der Waals surface area contributed by atoms with E-state index in [1.807, 2.05) is 18.7 Å². The molecule has 0 aromatic carbocycles. The van der Waals surface area contributed by atoms with Crippen LogP contribution in [0.3, 0.4) is 0 Å². The monoisotopic (exact) mass is 296 g/mol. The SMILES string of the molecule is CCC(=O)N1CCCCC1C(=O)N1CCCC(C)(CO)C1. The van der Waals surface area contributed by atoms with Crippen molar-refractivity contribution in [2.45, 2.75) is 58.4 Å². The fourth-order valence-corrected chi connectivity index (χ4v) is 3.53. The van der Waals surface area contributed by atoms with Gasteiger partial charge in [0.05, 0.1) is 6.61 Å². The molecule has 120 valence electrons. The van der Waals surface area contributed by atoms with Crippen LogP contribution in [0.5, 0.6) is 0 Å². The van der Waals surface area contributed by atoms with Crippen LogP contribution in [-0.4, -0.2) is 59.0 Å². The number of hydrogen-bond acceptors (Lipinski definition) is 3. The summed E-state index contributed by atoms with van der Waals surface area (Å²) in [4.78, 5) is 28.5. The topological polar surface area (TPSA) is 60.9 Å². The largest absolute Gasteiger partial charge is 0.396 e. The molecule has 0 aromatic rings. The number of likely N-dealkylation sites (tertiary alicyclic amines) is 2. The van der Waals surface area contributed by atoms with E-state index in [2.05, 4.69) is 0 Å². The Kier molecular flexibility index (Phi) is 5.25. The second-order valence-corrected chi connectivity index (χ2v) is 6.78. The zero-order valence-electron chi connectivity index (χ0n) is 13.3. The van der Waals surface area contributed by atoms with Crippen LogP contribution in [-0.2, 0) is 9.59 Å². The minimum atomic E-state index is -0.285. The van der Waals surface area contributed by atoms with Crippen molar-refractivity contribution in [3.05, 3.63) is 0 Å². The molecule has 2 aliphatic heterocycles. The maximum absolute atomic E-state index is 12.8. The molecule has 2 aliphatic rings. The number of nitrogens with zero attached hydrogens (tertiary/aromatic N) is 2. The molecule has 0 saturated carbocycles.